The van der Waals surface area contributed by atoms with Crippen LogP contribution in [0, 0.1) is 20.8 Å². The van der Waals surface area contributed by atoms with Crippen molar-refractivity contribution in [2.24, 2.45) is 0 Å². The van der Waals surface area contributed by atoms with Crippen LogP contribution in [0.15, 0.2) is 35.2 Å². The fourth-order valence-electron chi connectivity index (χ4n) is 3.91. The number of nitrogens with one attached hydrogen (secondary N) is 2. The smallest absolute Gasteiger partial charge is 0.251 e. The molecule has 1 saturated heterocycles. The molecular formula is C23H29N3O5S. The van der Waals surface area contributed by atoms with E-state index in [0.717, 1.165) is 35.2 Å². The molecule has 2 aromatic rings. The number of ether oxygens (including phenoxy) is 1. The Labute approximate surface area is 189 Å². The second-order valence-corrected chi connectivity index (χ2v) is 9.89. The fourth-order valence-corrected chi connectivity index (χ4v) is 5.61. The summed E-state index contributed by atoms with van der Waals surface area (Å²) < 4.78 is 32.6. The van der Waals surface area contributed by atoms with Crippen molar-refractivity contribution >= 4 is 27.5 Å². The van der Waals surface area contributed by atoms with E-state index < -0.39 is 15.9 Å². The number of methoxy groups -OCH3 is 1. The first kappa shape index (κ1) is 23.7. The normalized spacial score (nSPS) is 14.2. The Morgan fingerprint density at radius 1 is 1.03 bits per heavy atom. The minimum Gasteiger partial charge on any atom is -0.495 e. The SMILES string of the molecule is COc1ccc(C(=O)NCC(=O)Nc2c(C)cc(C)cc2C)cc1S(=O)(=O)N1CCCC1. The Morgan fingerprint density at radius 3 is 2.25 bits per heavy atom. The van der Waals surface area contributed by atoms with Crippen LogP contribution in [0.3, 0.4) is 0 Å². The molecule has 0 radical (unpaired) electrons. The molecule has 0 unspecified atom stereocenters. The first-order valence-electron chi connectivity index (χ1n) is 10.5. The van der Waals surface area contributed by atoms with Gasteiger partial charge in [-0.1, -0.05) is 17.7 Å². The molecule has 0 aromatic heterocycles. The van der Waals surface area contributed by atoms with Crippen molar-refractivity contribution in [3.05, 3.63) is 52.6 Å². The van der Waals surface area contributed by atoms with Gasteiger partial charge < -0.3 is 15.4 Å². The summed E-state index contributed by atoms with van der Waals surface area (Å²) in [5.41, 5.74) is 3.84. The van der Waals surface area contributed by atoms with Crippen molar-refractivity contribution in [3.8, 4) is 5.75 Å². The van der Waals surface area contributed by atoms with Gasteiger partial charge in [0.25, 0.3) is 5.91 Å². The van der Waals surface area contributed by atoms with Crippen LogP contribution in [-0.4, -0.2) is 51.3 Å². The van der Waals surface area contributed by atoms with Crippen LogP contribution in [0.25, 0.3) is 0 Å². The summed E-state index contributed by atoms with van der Waals surface area (Å²) in [6, 6.07) is 8.18. The molecule has 2 N–H and O–H groups in total. The standard InChI is InChI=1S/C23H29N3O5S/c1-15-11-16(2)22(17(3)12-15)25-21(27)14-24-23(28)18-7-8-19(31-4)20(13-18)32(29,30)26-9-5-6-10-26/h7-8,11-13H,5-6,9-10,14H2,1-4H3,(H,24,28)(H,25,27). The Bertz CT molecular complexity index is 1120. The van der Waals surface area contributed by atoms with Crippen LogP contribution in [-0.2, 0) is 14.8 Å². The maximum absolute atomic E-state index is 13.0. The number of hydrogen-bond donors (Lipinski definition) is 2. The predicted octanol–water partition coefficient (Wildman–Crippen LogP) is 2.77. The molecule has 0 bridgehead atoms. The highest BCUT2D eigenvalue weighted by molar-refractivity contribution is 7.89. The summed E-state index contributed by atoms with van der Waals surface area (Å²) in [7, 11) is -2.39. The highest BCUT2D eigenvalue weighted by Crippen LogP contribution is 2.30. The molecule has 0 aliphatic carbocycles. The van der Waals surface area contributed by atoms with Crippen LogP contribution in [0.1, 0.15) is 39.9 Å². The van der Waals surface area contributed by atoms with E-state index >= 15 is 0 Å². The summed E-state index contributed by atoms with van der Waals surface area (Å²) in [6.07, 6.45) is 1.60. The van der Waals surface area contributed by atoms with Crippen LogP contribution in [0.2, 0.25) is 0 Å². The molecule has 8 nitrogen and oxygen atoms in total. The molecule has 1 heterocycles. The number of carbonyl (C=O) groups is 2. The number of hydrogen-bond acceptors (Lipinski definition) is 5. The number of benzene rings is 2. The van der Waals surface area contributed by atoms with Crippen molar-refractivity contribution in [1.29, 1.82) is 0 Å². The molecule has 2 amide bonds. The zero-order valence-corrected chi connectivity index (χ0v) is 19.6. The van der Waals surface area contributed by atoms with Crippen molar-refractivity contribution in [2.75, 3.05) is 32.1 Å². The van der Waals surface area contributed by atoms with Gasteiger partial charge in [0.05, 0.1) is 13.7 Å². The quantitative estimate of drug-likeness (QED) is 0.663. The predicted molar refractivity (Wildman–Crippen MR) is 123 cm³/mol. The number of carbonyl (C=O) groups excluding carboxylic acids is 2. The lowest BCUT2D eigenvalue weighted by Gasteiger charge is -2.18. The van der Waals surface area contributed by atoms with Gasteiger partial charge >= 0.3 is 0 Å². The van der Waals surface area contributed by atoms with Crippen molar-refractivity contribution in [3.63, 3.8) is 0 Å². The third-order valence-electron chi connectivity index (χ3n) is 5.46. The first-order chi connectivity index (χ1) is 15.1. The zero-order valence-electron chi connectivity index (χ0n) is 18.8. The van der Waals surface area contributed by atoms with Crippen LogP contribution in [0.4, 0.5) is 5.69 Å². The Morgan fingerprint density at radius 2 is 1.66 bits per heavy atom. The van der Waals surface area contributed by atoms with Crippen LogP contribution < -0.4 is 15.4 Å². The first-order valence-corrected chi connectivity index (χ1v) is 11.9. The van der Waals surface area contributed by atoms with E-state index in [2.05, 4.69) is 10.6 Å². The summed E-state index contributed by atoms with van der Waals surface area (Å²) in [5, 5.41) is 5.38. The molecule has 0 saturated carbocycles. The monoisotopic (exact) mass is 459 g/mol. The molecule has 9 heteroatoms. The highest BCUT2D eigenvalue weighted by atomic mass is 32.2. The lowest BCUT2D eigenvalue weighted by Crippen LogP contribution is -2.33. The van der Waals surface area contributed by atoms with Gasteiger partial charge in [0.15, 0.2) is 0 Å². The second-order valence-electron chi connectivity index (χ2n) is 7.98. The van der Waals surface area contributed by atoms with Crippen LogP contribution in [0.5, 0.6) is 5.75 Å². The second kappa shape index (κ2) is 9.70. The topological polar surface area (TPSA) is 105 Å². The van der Waals surface area contributed by atoms with E-state index in [0.29, 0.717) is 13.1 Å². The minimum absolute atomic E-state index is 0.0510. The Hall–Kier alpha value is -2.91. The van der Waals surface area contributed by atoms with Crippen molar-refractivity contribution in [2.45, 2.75) is 38.5 Å². The van der Waals surface area contributed by atoms with E-state index in [9.17, 15) is 18.0 Å². The van der Waals surface area contributed by atoms with Gasteiger partial charge in [-0.3, -0.25) is 9.59 Å². The van der Waals surface area contributed by atoms with Gasteiger partial charge in [0.2, 0.25) is 15.9 Å². The van der Waals surface area contributed by atoms with E-state index in [1.807, 2.05) is 32.9 Å². The zero-order chi connectivity index (χ0) is 23.5. The number of aryl methyl sites for hydroxylation is 3. The average Bonchev–Trinajstić information content (AvgIpc) is 3.30. The van der Waals surface area contributed by atoms with Gasteiger partial charge in [-0.25, -0.2) is 8.42 Å². The third kappa shape index (κ3) is 5.11. The molecule has 1 aliphatic heterocycles. The molecule has 32 heavy (non-hydrogen) atoms. The van der Waals surface area contributed by atoms with E-state index in [1.54, 1.807) is 0 Å². The van der Waals surface area contributed by atoms with Gasteiger partial charge in [-0.15, -0.1) is 0 Å². The average molecular weight is 460 g/mol. The third-order valence-corrected chi connectivity index (χ3v) is 7.38. The molecule has 2 aromatic carbocycles. The largest absolute Gasteiger partial charge is 0.495 e. The molecular weight excluding hydrogens is 430 g/mol. The Balaban J connectivity index is 1.72. The summed E-state index contributed by atoms with van der Waals surface area (Å²) in [5.74, 6) is -0.735. The highest BCUT2D eigenvalue weighted by Gasteiger charge is 2.30. The fraction of sp³-hybridized carbons (Fsp3) is 0.391. The van der Waals surface area contributed by atoms with E-state index in [1.165, 1.54) is 29.6 Å². The van der Waals surface area contributed by atoms with Gasteiger partial charge in [-0.2, -0.15) is 4.31 Å². The van der Waals surface area contributed by atoms with Crippen LogP contribution >= 0.6 is 0 Å². The lowest BCUT2D eigenvalue weighted by molar-refractivity contribution is -0.115. The number of anilines is 1. The molecule has 172 valence electrons. The summed E-state index contributed by atoms with van der Waals surface area (Å²) in [6.45, 7) is 6.45. The number of sulfonamides is 1. The van der Waals surface area contributed by atoms with Gasteiger partial charge in [-0.05, 0) is 62.9 Å². The maximum atomic E-state index is 13.0. The van der Waals surface area contributed by atoms with E-state index in [4.69, 9.17) is 4.74 Å². The number of rotatable bonds is 7. The number of amides is 2. The van der Waals surface area contributed by atoms with Gasteiger partial charge in [0, 0.05) is 24.3 Å². The Kier molecular flexibility index (Phi) is 7.20. The lowest BCUT2D eigenvalue weighted by atomic mass is 10.1. The van der Waals surface area contributed by atoms with Gasteiger partial charge in [0.1, 0.15) is 10.6 Å². The minimum atomic E-state index is -3.77. The molecule has 3 rings (SSSR count). The molecule has 0 atom stereocenters. The molecule has 1 aliphatic rings. The summed E-state index contributed by atoms with van der Waals surface area (Å²) >= 11 is 0. The molecule has 0 spiro atoms. The van der Waals surface area contributed by atoms with Crippen molar-refractivity contribution < 1.29 is 22.7 Å². The number of nitrogens with zero attached hydrogens (tertiary/aromatic N) is 1. The molecule has 1 fully saturated rings. The van der Waals surface area contributed by atoms with E-state index in [-0.39, 0.29) is 28.7 Å². The van der Waals surface area contributed by atoms with Crippen molar-refractivity contribution in [1.82, 2.24) is 9.62 Å². The summed E-state index contributed by atoms with van der Waals surface area (Å²) in [4.78, 5) is 25.0. The maximum Gasteiger partial charge on any atom is 0.251 e.